The predicted molar refractivity (Wildman–Crippen MR) is 104 cm³/mol. The van der Waals surface area contributed by atoms with E-state index in [1.807, 2.05) is 6.92 Å². The van der Waals surface area contributed by atoms with Crippen LogP contribution in [-0.4, -0.2) is 33.7 Å². The van der Waals surface area contributed by atoms with E-state index in [2.05, 4.69) is 5.32 Å². The minimum Gasteiger partial charge on any atom is -0.481 e. The highest BCUT2D eigenvalue weighted by atomic mass is 35.5. The van der Waals surface area contributed by atoms with Gasteiger partial charge in [0.2, 0.25) is 10.0 Å². The topological polar surface area (TPSA) is 75.7 Å². The number of sulfonamides is 1. The highest BCUT2D eigenvalue weighted by Crippen LogP contribution is 2.22. The van der Waals surface area contributed by atoms with Gasteiger partial charge in [0.1, 0.15) is 5.75 Å². The quantitative estimate of drug-likeness (QED) is 0.776. The average Bonchev–Trinajstić information content (AvgIpc) is 2.60. The van der Waals surface area contributed by atoms with Crippen molar-refractivity contribution in [3.8, 4) is 5.75 Å². The molecule has 0 fully saturated rings. The van der Waals surface area contributed by atoms with Crippen molar-refractivity contribution >= 4 is 38.9 Å². The number of benzene rings is 2. The van der Waals surface area contributed by atoms with E-state index in [1.54, 1.807) is 48.5 Å². The molecular weight excluding hydrogens is 376 g/mol. The van der Waals surface area contributed by atoms with E-state index >= 15 is 0 Å². The van der Waals surface area contributed by atoms with Crippen molar-refractivity contribution in [2.45, 2.75) is 19.4 Å². The molecule has 1 atom stereocenters. The van der Waals surface area contributed by atoms with Crippen LogP contribution in [0.2, 0.25) is 5.02 Å². The second-order valence-corrected chi connectivity index (χ2v) is 8.19. The normalized spacial score (nSPS) is 12.3. The lowest BCUT2D eigenvalue weighted by atomic mass is 10.2. The predicted octanol–water partition coefficient (Wildman–Crippen LogP) is 3.53. The molecule has 8 heteroatoms. The summed E-state index contributed by atoms with van der Waals surface area (Å²) < 4.78 is 30.2. The van der Waals surface area contributed by atoms with Gasteiger partial charge in [-0.15, -0.1) is 0 Å². The molecule has 0 aliphatic carbocycles. The van der Waals surface area contributed by atoms with E-state index in [0.29, 0.717) is 28.6 Å². The summed E-state index contributed by atoms with van der Waals surface area (Å²) in [6.07, 6.45) is 0.899. The number of amides is 1. The van der Waals surface area contributed by atoms with Gasteiger partial charge in [0.25, 0.3) is 5.91 Å². The number of carbonyl (C=O) groups is 1. The van der Waals surface area contributed by atoms with E-state index in [0.717, 1.165) is 10.6 Å². The molecule has 2 aromatic carbocycles. The van der Waals surface area contributed by atoms with Crippen molar-refractivity contribution in [3.63, 3.8) is 0 Å². The molecule has 140 valence electrons. The Morgan fingerprint density at radius 3 is 2.46 bits per heavy atom. The van der Waals surface area contributed by atoms with Crippen LogP contribution in [0, 0.1) is 0 Å². The number of ether oxygens (including phenoxy) is 1. The highest BCUT2D eigenvalue weighted by molar-refractivity contribution is 7.92. The zero-order valence-electron chi connectivity index (χ0n) is 14.8. The van der Waals surface area contributed by atoms with Gasteiger partial charge in [-0.05, 0) is 48.9 Å². The van der Waals surface area contributed by atoms with E-state index in [4.69, 9.17) is 16.3 Å². The van der Waals surface area contributed by atoms with Crippen molar-refractivity contribution < 1.29 is 17.9 Å². The van der Waals surface area contributed by atoms with Crippen LogP contribution in [-0.2, 0) is 14.8 Å². The summed E-state index contributed by atoms with van der Waals surface area (Å²) in [4.78, 5) is 12.5. The third kappa shape index (κ3) is 5.37. The van der Waals surface area contributed by atoms with Crippen LogP contribution in [0.15, 0.2) is 48.5 Å². The summed E-state index contributed by atoms with van der Waals surface area (Å²) >= 11 is 5.84. The lowest BCUT2D eigenvalue weighted by Gasteiger charge is -2.19. The largest absolute Gasteiger partial charge is 0.481 e. The van der Waals surface area contributed by atoms with Gasteiger partial charge in [-0.25, -0.2) is 8.42 Å². The summed E-state index contributed by atoms with van der Waals surface area (Å²) in [5, 5.41) is 3.34. The summed E-state index contributed by atoms with van der Waals surface area (Å²) in [7, 11) is -1.93. The molecule has 0 saturated carbocycles. The van der Waals surface area contributed by atoms with Crippen molar-refractivity contribution in [1.82, 2.24) is 0 Å². The number of carbonyl (C=O) groups excluding carboxylic acids is 1. The van der Waals surface area contributed by atoms with Crippen molar-refractivity contribution in [1.29, 1.82) is 0 Å². The number of rotatable bonds is 7. The smallest absolute Gasteiger partial charge is 0.265 e. The van der Waals surface area contributed by atoms with Gasteiger partial charge in [-0.3, -0.25) is 9.10 Å². The fourth-order valence-electron chi connectivity index (χ4n) is 2.19. The second-order valence-electron chi connectivity index (χ2n) is 5.74. The Labute approximate surface area is 158 Å². The number of nitrogens with one attached hydrogen (secondary N) is 1. The average molecular weight is 397 g/mol. The van der Waals surface area contributed by atoms with E-state index in [9.17, 15) is 13.2 Å². The summed E-state index contributed by atoms with van der Waals surface area (Å²) in [5.74, 6) is 0.226. The summed E-state index contributed by atoms with van der Waals surface area (Å²) in [6, 6.07) is 13.4. The first-order valence-corrected chi connectivity index (χ1v) is 10.2. The Morgan fingerprint density at radius 2 is 1.88 bits per heavy atom. The van der Waals surface area contributed by atoms with Gasteiger partial charge in [-0.2, -0.15) is 0 Å². The molecule has 0 radical (unpaired) electrons. The van der Waals surface area contributed by atoms with Gasteiger partial charge >= 0.3 is 0 Å². The fourth-order valence-corrected chi connectivity index (χ4v) is 2.82. The molecule has 6 nitrogen and oxygen atoms in total. The number of anilines is 2. The first-order chi connectivity index (χ1) is 12.2. The monoisotopic (exact) mass is 396 g/mol. The molecule has 0 heterocycles. The molecule has 26 heavy (non-hydrogen) atoms. The van der Waals surface area contributed by atoms with Gasteiger partial charge in [0, 0.05) is 17.8 Å². The Hall–Kier alpha value is -2.25. The third-order valence-corrected chi connectivity index (χ3v) is 5.19. The van der Waals surface area contributed by atoms with Gasteiger partial charge in [-0.1, -0.05) is 24.6 Å². The summed E-state index contributed by atoms with van der Waals surface area (Å²) in [6.45, 7) is 1.84. The number of hydrogen-bond acceptors (Lipinski definition) is 4. The van der Waals surface area contributed by atoms with Gasteiger partial charge in [0.05, 0.1) is 11.9 Å². The Kier molecular flexibility index (Phi) is 6.50. The molecule has 1 N–H and O–H groups in total. The minimum atomic E-state index is -3.38. The standard InChI is InChI=1S/C18H21ClN2O4S/c1-4-17(25-16-10-8-13(19)9-11-16)18(22)20-14-6-5-7-15(12-14)21(2)26(3,23)24/h5-12,17H,4H2,1-3H3,(H,20,22)/t17-/m1/s1. The lowest BCUT2D eigenvalue weighted by Crippen LogP contribution is -2.32. The number of halogens is 1. The molecule has 0 spiro atoms. The van der Waals surface area contributed by atoms with E-state index in [1.165, 1.54) is 7.05 Å². The molecule has 0 unspecified atom stereocenters. The Bertz CT molecular complexity index is 869. The number of hydrogen-bond donors (Lipinski definition) is 1. The molecule has 0 bridgehead atoms. The van der Waals surface area contributed by atoms with Crippen LogP contribution in [0.4, 0.5) is 11.4 Å². The lowest BCUT2D eigenvalue weighted by molar-refractivity contribution is -0.122. The SMILES string of the molecule is CC[C@@H](Oc1ccc(Cl)cc1)C(=O)Nc1cccc(N(C)S(C)(=O)=O)c1. The van der Waals surface area contributed by atoms with Gasteiger partial charge < -0.3 is 10.1 Å². The molecular formula is C18H21ClN2O4S. The van der Waals surface area contributed by atoms with Crippen LogP contribution in [0.3, 0.4) is 0 Å². The van der Waals surface area contributed by atoms with Crippen molar-refractivity contribution in [2.75, 3.05) is 22.9 Å². The Balaban J connectivity index is 2.11. The zero-order valence-corrected chi connectivity index (χ0v) is 16.3. The maximum absolute atomic E-state index is 12.5. The van der Waals surface area contributed by atoms with Crippen LogP contribution in [0.1, 0.15) is 13.3 Å². The first-order valence-electron chi connectivity index (χ1n) is 7.97. The number of nitrogens with zero attached hydrogens (tertiary/aromatic N) is 1. The molecule has 0 aliphatic rings. The molecule has 2 aromatic rings. The third-order valence-electron chi connectivity index (χ3n) is 3.73. The molecule has 0 saturated heterocycles. The molecule has 0 aliphatic heterocycles. The van der Waals surface area contributed by atoms with Crippen LogP contribution >= 0.6 is 11.6 Å². The fraction of sp³-hybridized carbons (Fsp3) is 0.278. The van der Waals surface area contributed by atoms with E-state index < -0.39 is 16.1 Å². The molecule has 2 rings (SSSR count). The van der Waals surface area contributed by atoms with Crippen molar-refractivity contribution in [3.05, 3.63) is 53.6 Å². The van der Waals surface area contributed by atoms with Crippen molar-refractivity contribution in [2.24, 2.45) is 0 Å². The second kappa shape index (κ2) is 8.42. The van der Waals surface area contributed by atoms with Crippen LogP contribution in [0.25, 0.3) is 0 Å². The highest BCUT2D eigenvalue weighted by Gasteiger charge is 2.19. The zero-order chi connectivity index (χ0) is 19.3. The van der Waals surface area contributed by atoms with Crippen LogP contribution in [0.5, 0.6) is 5.75 Å². The van der Waals surface area contributed by atoms with Crippen LogP contribution < -0.4 is 14.4 Å². The van der Waals surface area contributed by atoms with E-state index in [-0.39, 0.29) is 5.91 Å². The Morgan fingerprint density at radius 1 is 1.23 bits per heavy atom. The minimum absolute atomic E-state index is 0.318. The summed E-state index contributed by atoms with van der Waals surface area (Å²) in [5.41, 5.74) is 0.943. The molecule has 0 aromatic heterocycles. The van der Waals surface area contributed by atoms with Gasteiger partial charge in [0.15, 0.2) is 6.10 Å². The first kappa shape index (κ1) is 20.1. The maximum Gasteiger partial charge on any atom is 0.265 e. The molecule has 1 amide bonds. The maximum atomic E-state index is 12.5.